The highest BCUT2D eigenvalue weighted by atomic mass is 16.5. The van der Waals surface area contributed by atoms with E-state index in [0.717, 1.165) is 19.1 Å². The van der Waals surface area contributed by atoms with Crippen molar-refractivity contribution in [1.29, 1.82) is 0 Å². The molecule has 1 rings (SSSR count). The van der Waals surface area contributed by atoms with E-state index in [1.54, 1.807) is 7.11 Å². The van der Waals surface area contributed by atoms with E-state index in [9.17, 15) is 4.79 Å². The van der Waals surface area contributed by atoms with Crippen LogP contribution in [0.3, 0.4) is 0 Å². The Hall–Kier alpha value is -0.410. The lowest BCUT2D eigenvalue weighted by Crippen LogP contribution is -2.29. The summed E-state index contributed by atoms with van der Waals surface area (Å²) >= 11 is 0. The summed E-state index contributed by atoms with van der Waals surface area (Å²) in [6.45, 7) is 1.29. The summed E-state index contributed by atoms with van der Waals surface area (Å²) in [7, 11) is 1.65. The van der Waals surface area contributed by atoms with Gasteiger partial charge >= 0.3 is 0 Å². The van der Waals surface area contributed by atoms with Gasteiger partial charge in [0.1, 0.15) is 6.29 Å². The fourth-order valence-corrected chi connectivity index (χ4v) is 1.34. The van der Waals surface area contributed by atoms with Crippen LogP contribution in [0, 0.1) is 5.92 Å². The van der Waals surface area contributed by atoms with E-state index in [1.807, 2.05) is 0 Å². The highest BCUT2D eigenvalue weighted by molar-refractivity contribution is 5.53. The van der Waals surface area contributed by atoms with Crippen molar-refractivity contribution in [1.82, 2.24) is 0 Å². The normalized spacial score (nSPS) is 31.7. The van der Waals surface area contributed by atoms with Crippen molar-refractivity contribution < 1.29 is 14.3 Å². The molecule has 0 aliphatic carbocycles. The fourth-order valence-electron chi connectivity index (χ4n) is 1.34. The standard InChI is InChI=1S/C8H14O3/c1-10-6-8-4-7(5-9)2-3-11-8/h5,7-8H,2-4,6H2,1H3. The van der Waals surface area contributed by atoms with Crippen molar-refractivity contribution in [2.75, 3.05) is 20.3 Å². The molecule has 1 heterocycles. The van der Waals surface area contributed by atoms with Gasteiger partial charge in [0, 0.05) is 19.6 Å². The minimum atomic E-state index is 0.129. The number of carbonyl (C=O) groups excluding carboxylic acids is 1. The van der Waals surface area contributed by atoms with Crippen LogP contribution >= 0.6 is 0 Å². The predicted molar refractivity (Wildman–Crippen MR) is 40.4 cm³/mol. The van der Waals surface area contributed by atoms with Crippen LogP contribution in [0.2, 0.25) is 0 Å². The molecule has 0 bridgehead atoms. The molecular formula is C8H14O3. The molecule has 2 atom stereocenters. The summed E-state index contributed by atoms with van der Waals surface area (Å²) in [4.78, 5) is 10.4. The molecule has 1 saturated heterocycles. The smallest absolute Gasteiger partial charge is 0.123 e. The van der Waals surface area contributed by atoms with E-state index < -0.39 is 0 Å². The second kappa shape index (κ2) is 4.46. The van der Waals surface area contributed by atoms with Crippen LogP contribution in [0.25, 0.3) is 0 Å². The molecule has 0 aromatic heterocycles. The molecule has 3 heteroatoms. The number of rotatable bonds is 3. The zero-order valence-electron chi connectivity index (χ0n) is 6.79. The van der Waals surface area contributed by atoms with E-state index in [1.165, 1.54) is 0 Å². The molecule has 11 heavy (non-hydrogen) atoms. The minimum Gasteiger partial charge on any atom is -0.382 e. The first-order chi connectivity index (χ1) is 5.36. The lowest BCUT2D eigenvalue weighted by Gasteiger charge is -2.25. The van der Waals surface area contributed by atoms with Gasteiger partial charge in [-0.25, -0.2) is 0 Å². The molecule has 1 aliphatic rings. The maximum absolute atomic E-state index is 10.4. The average Bonchev–Trinajstić information content (AvgIpc) is 2.06. The van der Waals surface area contributed by atoms with Gasteiger partial charge in [-0.3, -0.25) is 0 Å². The lowest BCUT2D eigenvalue weighted by molar-refractivity contribution is -0.117. The third kappa shape index (κ3) is 2.60. The highest BCUT2D eigenvalue weighted by Gasteiger charge is 2.21. The summed E-state index contributed by atoms with van der Waals surface area (Å²) in [5, 5.41) is 0. The zero-order valence-corrected chi connectivity index (χ0v) is 6.79. The Bertz CT molecular complexity index is 123. The monoisotopic (exact) mass is 158 g/mol. The lowest BCUT2D eigenvalue weighted by atomic mass is 9.98. The van der Waals surface area contributed by atoms with Gasteiger partial charge in [-0.15, -0.1) is 0 Å². The van der Waals surface area contributed by atoms with E-state index >= 15 is 0 Å². The maximum Gasteiger partial charge on any atom is 0.123 e. The molecule has 0 aromatic rings. The van der Waals surface area contributed by atoms with Crippen LogP contribution < -0.4 is 0 Å². The average molecular weight is 158 g/mol. The van der Waals surface area contributed by atoms with Gasteiger partial charge in [-0.1, -0.05) is 0 Å². The molecule has 0 spiro atoms. The predicted octanol–water partition coefficient (Wildman–Crippen LogP) is 0.627. The van der Waals surface area contributed by atoms with Crippen molar-refractivity contribution in [2.24, 2.45) is 5.92 Å². The van der Waals surface area contributed by atoms with Crippen molar-refractivity contribution in [2.45, 2.75) is 18.9 Å². The van der Waals surface area contributed by atoms with Crippen molar-refractivity contribution >= 4 is 6.29 Å². The molecule has 0 radical (unpaired) electrons. The number of ether oxygens (including phenoxy) is 2. The van der Waals surface area contributed by atoms with Crippen molar-refractivity contribution in [3.05, 3.63) is 0 Å². The maximum atomic E-state index is 10.4. The summed E-state index contributed by atoms with van der Waals surface area (Å²) in [5.41, 5.74) is 0. The summed E-state index contributed by atoms with van der Waals surface area (Å²) < 4.78 is 10.3. The molecular weight excluding hydrogens is 144 g/mol. The van der Waals surface area contributed by atoms with Crippen LogP contribution in [-0.2, 0) is 14.3 Å². The molecule has 0 N–H and O–H groups in total. The van der Waals surface area contributed by atoms with E-state index in [2.05, 4.69) is 0 Å². The molecule has 64 valence electrons. The van der Waals surface area contributed by atoms with Crippen LogP contribution in [0.1, 0.15) is 12.8 Å². The topological polar surface area (TPSA) is 35.5 Å². The quantitative estimate of drug-likeness (QED) is 0.565. The number of aldehydes is 1. The molecule has 1 fully saturated rings. The number of carbonyl (C=O) groups is 1. The number of methoxy groups -OCH3 is 1. The Morgan fingerprint density at radius 2 is 2.55 bits per heavy atom. The van der Waals surface area contributed by atoms with Gasteiger partial charge in [-0.2, -0.15) is 0 Å². The number of hydrogen-bond acceptors (Lipinski definition) is 3. The third-order valence-corrected chi connectivity index (χ3v) is 1.95. The third-order valence-electron chi connectivity index (χ3n) is 1.95. The Morgan fingerprint density at radius 1 is 1.73 bits per heavy atom. The first kappa shape index (κ1) is 8.68. The van der Waals surface area contributed by atoms with Gasteiger partial charge in [0.05, 0.1) is 12.7 Å². The van der Waals surface area contributed by atoms with Gasteiger partial charge in [0.25, 0.3) is 0 Å². The first-order valence-corrected chi connectivity index (χ1v) is 3.92. The molecule has 3 nitrogen and oxygen atoms in total. The van der Waals surface area contributed by atoms with Crippen LogP contribution in [0.15, 0.2) is 0 Å². The van der Waals surface area contributed by atoms with Crippen LogP contribution in [0.4, 0.5) is 0 Å². The summed E-state index contributed by atoms with van der Waals surface area (Å²) in [6, 6.07) is 0. The largest absolute Gasteiger partial charge is 0.382 e. The molecule has 0 aromatic carbocycles. The Labute approximate surface area is 66.7 Å². The summed E-state index contributed by atoms with van der Waals surface area (Å²) in [6.07, 6.45) is 2.83. The first-order valence-electron chi connectivity index (χ1n) is 3.92. The minimum absolute atomic E-state index is 0.129. The van der Waals surface area contributed by atoms with Gasteiger partial charge in [0.15, 0.2) is 0 Å². The second-order valence-electron chi connectivity index (χ2n) is 2.87. The number of hydrogen-bond donors (Lipinski definition) is 0. The second-order valence-corrected chi connectivity index (χ2v) is 2.87. The summed E-state index contributed by atoms with van der Waals surface area (Å²) in [5.74, 6) is 0.184. The highest BCUT2D eigenvalue weighted by Crippen LogP contribution is 2.17. The zero-order chi connectivity index (χ0) is 8.10. The van der Waals surface area contributed by atoms with Crippen molar-refractivity contribution in [3.63, 3.8) is 0 Å². The SMILES string of the molecule is COCC1CC(C=O)CCO1. The Morgan fingerprint density at radius 3 is 3.18 bits per heavy atom. The van der Waals surface area contributed by atoms with E-state index in [-0.39, 0.29) is 12.0 Å². The van der Waals surface area contributed by atoms with Gasteiger partial charge in [0.2, 0.25) is 0 Å². The molecule has 0 saturated carbocycles. The van der Waals surface area contributed by atoms with E-state index in [4.69, 9.17) is 9.47 Å². The van der Waals surface area contributed by atoms with Crippen LogP contribution in [0.5, 0.6) is 0 Å². The van der Waals surface area contributed by atoms with Crippen LogP contribution in [-0.4, -0.2) is 32.7 Å². The Balaban J connectivity index is 2.27. The molecule has 2 unspecified atom stereocenters. The fraction of sp³-hybridized carbons (Fsp3) is 0.875. The molecule has 1 aliphatic heterocycles. The molecule has 0 amide bonds. The van der Waals surface area contributed by atoms with E-state index in [0.29, 0.717) is 13.2 Å². The van der Waals surface area contributed by atoms with Crippen molar-refractivity contribution in [3.8, 4) is 0 Å². The van der Waals surface area contributed by atoms with Gasteiger partial charge < -0.3 is 14.3 Å². The van der Waals surface area contributed by atoms with Gasteiger partial charge in [-0.05, 0) is 12.8 Å². The Kier molecular flexibility index (Phi) is 3.52.